The van der Waals surface area contributed by atoms with Gasteiger partial charge < -0.3 is 14.1 Å². The Hall–Kier alpha value is -2.60. The van der Waals surface area contributed by atoms with Gasteiger partial charge in [0, 0.05) is 18.5 Å². The molecule has 5 nitrogen and oxygen atoms in total. The number of amides is 1. The molecule has 0 bridgehead atoms. The molecule has 0 aliphatic carbocycles. The number of hydrogen-bond donors (Lipinski definition) is 0. The van der Waals surface area contributed by atoms with E-state index >= 15 is 0 Å². The molecule has 3 rings (SSSR count). The number of carbonyl (C=O) groups excluding carboxylic acids is 1. The Balaban J connectivity index is 1.99. The van der Waals surface area contributed by atoms with E-state index in [2.05, 4.69) is 0 Å². The molecule has 0 saturated carbocycles. The van der Waals surface area contributed by atoms with E-state index < -0.39 is 5.63 Å². The van der Waals surface area contributed by atoms with Gasteiger partial charge in [-0.2, -0.15) is 11.3 Å². The summed E-state index contributed by atoms with van der Waals surface area (Å²) in [5.74, 6) is 0.156. The predicted octanol–water partition coefficient (Wildman–Crippen LogP) is 3.92. The average molecular weight is 357 g/mol. The molecule has 0 aliphatic heterocycles. The number of thiophene rings is 1. The van der Waals surface area contributed by atoms with E-state index in [0.29, 0.717) is 29.8 Å². The summed E-state index contributed by atoms with van der Waals surface area (Å²) in [4.78, 5) is 27.0. The molecule has 1 aromatic carbocycles. The van der Waals surface area contributed by atoms with Crippen molar-refractivity contribution < 1.29 is 13.9 Å². The van der Waals surface area contributed by atoms with E-state index in [1.807, 2.05) is 23.8 Å². The average Bonchev–Trinajstić information content (AvgIpc) is 3.13. The lowest BCUT2D eigenvalue weighted by Gasteiger charge is -2.21. The summed E-state index contributed by atoms with van der Waals surface area (Å²) in [7, 11) is 1.51. The molecule has 25 heavy (non-hydrogen) atoms. The van der Waals surface area contributed by atoms with Crippen molar-refractivity contribution in [2.45, 2.75) is 19.9 Å². The fourth-order valence-corrected chi connectivity index (χ4v) is 3.38. The first-order valence-electron chi connectivity index (χ1n) is 8.05. The zero-order valence-electron chi connectivity index (χ0n) is 14.2. The van der Waals surface area contributed by atoms with Gasteiger partial charge in [-0.25, -0.2) is 4.79 Å². The minimum Gasteiger partial charge on any atom is -0.493 e. The number of nitrogens with zero attached hydrogens (tertiary/aromatic N) is 1. The SMILES string of the molecule is CCCN(Cc1ccsc1)C(=O)c1cc2cccc(OC)c2oc1=O. The molecule has 1 amide bonds. The standard InChI is InChI=1S/C19H19NO4S/c1-3-8-20(11-13-7-9-25-12-13)18(21)15-10-14-5-4-6-16(23-2)17(14)24-19(15)22/h4-7,9-10,12H,3,8,11H2,1-2H3. The Kier molecular flexibility index (Phi) is 5.19. The molecule has 0 saturated heterocycles. The largest absolute Gasteiger partial charge is 0.493 e. The van der Waals surface area contributed by atoms with Crippen LogP contribution in [0.5, 0.6) is 5.75 Å². The van der Waals surface area contributed by atoms with E-state index in [4.69, 9.17) is 9.15 Å². The molecule has 2 heterocycles. The van der Waals surface area contributed by atoms with Gasteiger partial charge in [0.1, 0.15) is 5.56 Å². The highest BCUT2D eigenvalue weighted by atomic mass is 32.1. The number of methoxy groups -OCH3 is 1. The molecular weight excluding hydrogens is 338 g/mol. The number of carbonyl (C=O) groups is 1. The minimum absolute atomic E-state index is 0.0458. The lowest BCUT2D eigenvalue weighted by molar-refractivity contribution is 0.0739. The first-order valence-corrected chi connectivity index (χ1v) is 8.99. The topological polar surface area (TPSA) is 59.8 Å². The zero-order chi connectivity index (χ0) is 17.8. The summed E-state index contributed by atoms with van der Waals surface area (Å²) in [6, 6.07) is 8.87. The summed E-state index contributed by atoms with van der Waals surface area (Å²) in [6.07, 6.45) is 0.808. The first kappa shape index (κ1) is 17.2. The van der Waals surface area contributed by atoms with E-state index in [0.717, 1.165) is 12.0 Å². The molecule has 0 unspecified atom stereocenters. The van der Waals surface area contributed by atoms with Crippen LogP contribution in [0.3, 0.4) is 0 Å². The van der Waals surface area contributed by atoms with Crippen molar-refractivity contribution in [3.63, 3.8) is 0 Å². The number of fused-ring (bicyclic) bond motifs is 1. The lowest BCUT2D eigenvalue weighted by Crippen LogP contribution is -2.34. The van der Waals surface area contributed by atoms with Crippen molar-refractivity contribution in [2.75, 3.05) is 13.7 Å². The van der Waals surface area contributed by atoms with Crippen LogP contribution in [0.1, 0.15) is 29.3 Å². The quantitative estimate of drug-likeness (QED) is 0.628. The number of para-hydroxylation sites is 1. The van der Waals surface area contributed by atoms with Gasteiger partial charge in [-0.3, -0.25) is 4.79 Å². The normalized spacial score (nSPS) is 10.8. The van der Waals surface area contributed by atoms with E-state index in [9.17, 15) is 9.59 Å². The molecule has 130 valence electrons. The fraction of sp³-hybridized carbons (Fsp3) is 0.263. The molecule has 0 atom stereocenters. The van der Waals surface area contributed by atoms with Crippen LogP contribution in [0.4, 0.5) is 0 Å². The third kappa shape index (κ3) is 3.58. The zero-order valence-corrected chi connectivity index (χ0v) is 15.0. The smallest absolute Gasteiger partial charge is 0.349 e. The second-order valence-electron chi connectivity index (χ2n) is 5.68. The van der Waals surface area contributed by atoms with E-state index in [-0.39, 0.29) is 11.5 Å². The van der Waals surface area contributed by atoms with Crippen LogP contribution >= 0.6 is 11.3 Å². The van der Waals surface area contributed by atoms with Gasteiger partial charge in [-0.05, 0) is 40.9 Å². The molecule has 0 radical (unpaired) electrons. The van der Waals surface area contributed by atoms with Crippen molar-refractivity contribution in [2.24, 2.45) is 0 Å². The lowest BCUT2D eigenvalue weighted by atomic mass is 10.1. The number of hydrogen-bond acceptors (Lipinski definition) is 5. The number of ether oxygens (including phenoxy) is 1. The summed E-state index contributed by atoms with van der Waals surface area (Å²) in [6.45, 7) is 3.05. The maximum Gasteiger partial charge on any atom is 0.349 e. The van der Waals surface area contributed by atoms with Crippen LogP contribution in [0.25, 0.3) is 11.0 Å². The molecule has 3 aromatic rings. The summed E-state index contributed by atoms with van der Waals surface area (Å²) < 4.78 is 10.6. The van der Waals surface area contributed by atoms with Crippen molar-refractivity contribution >= 4 is 28.2 Å². The van der Waals surface area contributed by atoms with Crippen LogP contribution in [-0.2, 0) is 6.54 Å². The summed E-state index contributed by atoms with van der Waals surface area (Å²) in [5.41, 5.74) is 0.808. The molecule has 0 aliphatic rings. The van der Waals surface area contributed by atoms with Gasteiger partial charge in [0.05, 0.1) is 7.11 Å². The van der Waals surface area contributed by atoms with Gasteiger partial charge in [0.25, 0.3) is 5.91 Å². The predicted molar refractivity (Wildman–Crippen MR) is 98.4 cm³/mol. The highest BCUT2D eigenvalue weighted by Crippen LogP contribution is 2.25. The fourth-order valence-electron chi connectivity index (χ4n) is 2.72. The van der Waals surface area contributed by atoms with Crippen LogP contribution in [0.15, 0.2) is 50.3 Å². The van der Waals surface area contributed by atoms with Crippen molar-refractivity contribution in [3.05, 3.63) is 62.6 Å². The molecule has 0 spiro atoms. The van der Waals surface area contributed by atoms with Gasteiger partial charge >= 0.3 is 5.63 Å². The van der Waals surface area contributed by atoms with Crippen LogP contribution in [-0.4, -0.2) is 24.5 Å². The Labute approximate surface area is 149 Å². The second kappa shape index (κ2) is 7.53. The molecular formula is C19H19NO4S. The summed E-state index contributed by atoms with van der Waals surface area (Å²) in [5, 5.41) is 4.64. The molecule has 2 aromatic heterocycles. The maximum atomic E-state index is 12.9. The van der Waals surface area contributed by atoms with Crippen LogP contribution in [0.2, 0.25) is 0 Å². The summed E-state index contributed by atoms with van der Waals surface area (Å²) >= 11 is 1.58. The third-order valence-electron chi connectivity index (χ3n) is 3.91. The first-order chi connectivity index (χ1) is 12.1. The highest BCUT2D eigenvalue weighted by molar-refractivity contribution is 7.07. The van der Waals surface area contributed by atoms with Crippen molar-refractivity contribution in [3.8, 4) is 5.75 Å². The van der Waals surface area contributed by atoms with Crippen molar-refractivity contribution in [1.82, 2.24) is 4.90 Å². The Morgan fingerprint density at radius 1 is 1.32 bits per heavy atom. The number of rotatable bonds is 6. The highest BCUT2D eigenvalue weighted by Gasteiger charge is 2.21. The Morgan fingerprint density at radius 3 is 2.84 bits per heavy atom. The second-order valence-corrected chi connectivity index (χ2v) is 6.46. The third-order valence-corrected chi connectivity index (χ3v) is 4.64. The van der Waals surface area contributed by atoms with Crippen molar-refractivity contribution in [1.29, 1.82) is 0 Å². The van der Waals surface area contributed by atoms with Gasteiger partial charge in [-0.1, -0.05) is 19.1 Å². The van der Waals surface area contributed by atoms with E-state index in [1.54, 1.807) is 40.5 Å². The van der Waals surface area contributed by atoms with Gasteiger partial charge in [0.2, 0.25) is 0 Å². The minimum atomic E-state index is -0.645. The van der Waals surface area contributed by atoms with Crippen LogP contribution in [0, 0.1) is 0 Å². The molecule has 6 heteroatoms. The molecule has 0 fully saturated rings. The Bertz CT molecular complexity index is 930. The monoisotopic (exact) mass is 357 g/mol. The van der Waals surface area contributed by atoms with E-state index in [1.165, 1.54) is 7.11 Å². The molecule has 0 N–H and O–H groups in total. The Morgan fingerprint density at radius 2 is 2.16 bits per heavy atom. The van der Waals surface area contributed by atoms with Gasteiger partial charge in [0.15, 0.2) is 11.3 Å². The van der Waals surface area contributed by atoms with Gasteiger partial charge in [-0.15, -0.1) is 0 Å². The number of benzene rings is 1. The van der Waals surface area contributed by atoms with Crippen LogP contribution < -0.4 is 10.4 Å². The maximum absolute atomic E-state index is 12.9.